The molecule has 0 saturated carbocycles. The maximum Gasteiger partial charge on any atom is 0.273 e. The van der Waals surface area contributed by atoms with E-state index in [1.54, 1.807) is 21.8 Å². The second kappa shape index (κ2) is 5.35. The summed E-state index contributed by atoms with van der Waals surface area (Å²) in [6.07, 6.45) is 3.97. The minimum Gasteiger partial charge on any atom is -0.463 e. The van der Waals surface area contributed by atoms with Gasteiger partial charge in [-0.25, -0.2) is 4.68 Å². The predicted octanol–water partition coefficient (Wildman–Crippen LogP) is 2.12. The van der Waals surface area contributed by atoms with E-state index >= 15 is 0 Å². The van der Waals surface area contributed by atoms with E-state index in [1.807, 2.05) is 39.0 Å². The van der Waals surface area contributed by atoms with Crippen molar-refractivity contribution >= 4 is 6.21 Å². The van der Waals surface area contributed by atoms with E-state index in [-0.39, 0.29) is 0 Å². The third-order valence-electron chi connectivity index (χ3n) is 3.05. The molecule has 0 aliphatic rings. The van der Waals surface area contributed by atoms with Crippen LogP contribution in [0.5, 0.6) is 0 Å². The van der Waals surface area contributed by atoms with Crippen molar-refractivity contribution in [2.45, 2.75) is 27.2 Å². The summed E-state index contributed by atoms with van der Waals surface area (Å²) < 4.78 is 8.67. The van der Waals surface area contributed by atoms with Gasteiger partial charge >= 0.3 is 0 Å². The number of nitrogens with zero attached hydrogens (tertiary/aromatic N) is 6. The molecule has 0 fully saturated rings. The lowest BCUT2D eigenvalue weighted by Crippen LogP contribution is -2.08. The average Bonchev–Trinajstić information content (AvgIpc) is 3.16. The van der Waals surface area contributed by atoms with E-state index in [9.17, 15) is 0 Å². The molecule has 0 aliphatic heterocycles. The molecule has 0 bridgehead atoms. The fourth-order valence-corrected chi connectivity index (χ4v) is 2.08. The summed E-state index contributed by atoms with van der Waals surface area (Å²) in [5.74, 6) is 2.01. The van der Waals surface area contributed by atoms with Crippen molar-refractivity contribution < 1.29 is 4.42 Å². The van der Waals surface area contributed by atoms with Crippen LogP contribution in [-0.4, -0.2) is 30.9 Å². The van der Waals surface area contributed by atoms with Gasteiger partial charge in [0.25, 0.3) is 5.95 Å². The van der Waals surface area contributed by atoms with Crippen LogP contribution < -0.4 is 0 Å². The molecule has 0 aromatic carbocycles. The standard InChI is InChI=1S/C14H16N6O/c1-4-13-16-17-14(19-11(3)8-10(2)18-19)20(13)15-9-12-6-5-7-21-12/h5-9H,4H2,1-3H3/b15-9+. The number of rotatable bonds is 4. The maximum absolute atomic E-state index is 5.25. The van der Waals surface area contributed by atoms with Crippen LogP contribution in [0, 0.1) is 13.8 Å². The minimum atomic E-state index is 0.570. The SMILES string of the molecule is CCc1nnc(-n2nc(C)cc2C)n1/N=C/c1ccco1. The lowest BCUT2D eigenvalue weighted by Gasteiger charge is -2.04. The van der Waals surface area contributed by atoms with Crippen molar-refractivity contribution in [1.82, 2.24) is 24.7 Å². The molecule has 3 aromatic heterocycles. The lowest BCUT2D eigenvalue weighted by atomic mass is 10.4. The minimum absolute atomic E-state index is 0.570. The summed E-state index contributed by atoms with van der Waals surface area (Å²) in [6.45, 7) is 5.92. The highest BCUT2D eigenvalue weighted by atomic mass is 16.3. The highest BCUT2D eigenvalue weighted by Crippen LogP contribution is 2.12. The van der Waals surface area contributed by atoms with Gasteiger partial charge in [-0.1, -0.05) is 6.92 Å². The maximum atomic E-state index is 5.25. The zero-order valence-electron chi connectivity index (χ0n) is 12.2. The molecule has 7 nitrogen and oxygen atoms in total. The van der Waals surface area contributed by atoms with E-state index in [1.165, 1.54) is 0 Å². The molecule has 3 aromatic rings. The molecule has 7 heteroatoms. The van der Waals surface area contributed by atoms with Gasteiger partial charge in [-0.2, -0.15) is 14.9 Å². The van der Waals surface area contributed by atoms with Gasteiger partial charge in [-0.05, 0) is 32.0 Å². The first kappa shape index (κ1) is 13.3. The molecule has 3 heterocycles. The van der Waals surface area contributed by atoms with Crippen LogP contribution in [-0.2, 0) is 6.42 Å². The van der Waals surface area contributed by atoms with Crippen molar-refractivity contribution in [2.75, 3.05) is 0 Å². The van der Waals surface area contributed by atoms with E-state index in [0.717, 1.165) is 23.6 Å². The van der Waals surface area contributed by atoms with Gasteiger partial charge in [0, 0.05) is 12.1 Å². The zero-order valence-corrected chi connectivity index (χ0v) is 12.2. The summed E-state index contributed by atoms with van der Waals surface area (Å²) in [7, 11) is 0. The van der Waals surface area contributed by atoms with Gasteiger partial charge in [0.2, 0.25) is 0 Å². The fourth-order valence-electron chi connectivity index (χ4n) is 2.08. The van der Waals surface area contributed by atoms with Gasteiger partial charge in [-0.15, -0.1) is 10.2 Å². The number of furan rings is 1. The van der Waals surface area contributed by atoms with Crippen LogP contribution in [0.2, 0.25) is 0 Å². The Morgan fingerprint density at radius 3 is 2.81 bits per heavy atom. The molecule has 0 aliphatic carbocycles. The highest BCUT2D eigenvalue weighted by Gasteiger charge is 2.14. The van der Waals surface area contributed by atoms with Crippen molar-refractivity contribution in [2.24, 2.45) is 5.10 Å². The summed E-state index contributed by atoms with van der Waals surface area (Å²) in [4.78, 5) is 0. The first-order valence-corrected chi connectivity index (χ1v) is 6.75. The molecular formula is C14H16N6O. The number of hydrogen-bond acceptors (Lipinski definition) is 5. The molecule has 0 amide bonds. The van der Waals surface area contributed by atoms with Gasteiger partial charge in [0.15, 0.2) is 5.82 Å². The van der Waals surface area contributed by atoms with Crippen LogP contribution >= 0.6 is 0 Å². The van der Waals surface area contributed by atoms with Gasteiger partial charge in [-0.3, -0.25) is 0 Å². The van der Waals surface area contributed by atoms with Crippen molar-refractivity contribution in [1.29, 1.82) is 0 Å². The van der Waals surface area contributed by atoms with Crippen molar-refractivity contribution in [3.63, 3.8) is 0 Å². The Balaban J connectivity index is 2.06. The molecule has 0 saturated heterocycles. The third kappa shape index (κ3) is 2.49. The van der Waals surface area contributed by atoms with E-state index in [0.29, 0.717) is 11.7 Å². The molecule has 21 heavy (non-hydrogen) atoms. The van der Waals surface area contributed by atoms with Crippen molar-refractivity contribution in [3.05, 3.63) is 47.4 Å². The summed E-state index contributed by atoms with van der Waals surface area (Å²) in [5.41, 5.74) is 1.91. The first-order valence-electron chi connectivity index (χ1n) is 6.75. The fraction of sp³-hybridized carbons (Fsp3) is 0.286. The molecular weight excluding hydrogens is 268 g/mol. The average molecular weight is 284 g/mol. The Hall–Kier alpha value is -2.70. The van der Waals surface area contributed by atoms with Crippen LogP contribution in [0.1, 0.15) is 29.9 Å². The monoisotopic (exact) mass is 284 g/mol. The molecule has 0 N–H and O–H groups in total. The summed E-state index contributed by atoms with van der Waals surface area (Å²) in [6, 6.07) is 5.64. The first-order chi connectivity index (χ1) is 10.2. The normalized spacial score (nSPS) is 11.6. The Bertz CT molecular complexity index is 766. The van der Waals surface area contributed by atoms with Gasteiger partial charge < -0.3 is 4.42 Å². The Kier molecular flexibility index (Phi) is 3.39. The number of aryl methyl sites for hydroxylation is 3. The third-order valence-corrected chi connectivity index (χ3v) is 3.05. The molecule has 0 spiro atoms. The second-order valence-electron chi connectivity index (χ2n) is 4.68. The largest absolute Gasteiger partial charge is 0.463 e. The zero-order chi connectivity index (χ0) is 14.8. The van der Waals surface area contributed by atoms with Crippen LogP contribution in [0.3, 0.4) is 0 Å². The predicted molar refractivity (Wildman–Crippen MR) is 77.7 cm³/mol. The van der Waals surface area contributed by atoms with Gasteiger partial charge in [0.1, 0.15) is 5.76 Å². The number of aromatic nitrogens is 5. The Morgan fingerprint density at radius 1 is 1.33 bits per heavy atom. The Morgan fingerprint density at radius 2 is 2.19 bits per heavy atom. The summed E-state index contributed by atoms with van der Waals surface area (Å²) in [5, 5.41) is 17.2. The molecule has 3 rings (SSSR count). The van der Waals surface area contributed by atoms with Crippen LogP contribution in [0.25, 0.3) is 5.95 Å². The summed E-state index contributed by atoms with van der Waals surface area (Å²) >= 11 is 0. The molecule has 0 atom stereocenters. The Labute approximate surface area is 121 Å². The second-order valence-corrected chi connectivity index (χ2v) is 4.68. The van der Waals surface area contributed by atoms with Crippen molar-refractivity contribution in [3.8, 4) is 5.95 Å². The van der Waals surface area contributed by atoms with Crippen LogP contribution in [0.15, 0.2) is 34.0 Å². The van der Waals surface area contributed by atoms with E-state index in [4.69, 9.17) is 4.42 Å². The number of hydrogen-bond donors (Lipinski definition) is 0. The lowest BCUT2D eigenvalue weighted by molar-refractivity contribution is 0.559. The van der Waals surface area contributed by atoms with Crippen LogP contribution in [0.4, 0.5) is 0 Å². The quantitative estimate of drug-likeness (QED) is 0.688. The highest BCUT2D eigenvalue weighted by molar-refractivity contribution is 5.75. The topological polar surface area (TPSA) is 74.0 Å². The molecule has 108 valence electrons. The van der Waals surface area contributed by atoms with E-state index < -0.39 is 0 Å². The molecule has 0 radical (unpaired) electrons. The smallest absolute Gasteiger partial charge is 0.273 e. The molecule has 0 unspecified atom stereocenters. The van der Waals surface area contributed by atoms with Gasteiger partial charge in [0.05, 0.1) is 18.2 Å². The van der Waals surface area contributed by atoms with E-state index in [2.05, 4.69) is 20.4 Å².